The van der Waals surface area contributed by atoms with Crippen LogP contribution in [0.5, 0.6) is 0 Å². The molecule has 1 aliphatic carbocycles. The number of fused-ring (bicyclic) bond motifs is 2. The molecule has 2 aromatic carbocycles. The Morgan fingerprint density at radius 1 is 1.12 bits per heavy atom. The average Bonchev–Trinajstić information content (AvgIpc) is 3.35. The Labute approximate surface area is 193 Å². The number of aromatic nitrogens is 1. The van der Waals surface area contributed by atoms with Crippen molar-refractivity contribution in [3.05, 3.63) is 99.9 Å². The van der Waals surface area contributed by atoms with E-state index in [-0.39, 0.29) is 11.3 Å². The Morgan fingerprint density at radius 3 is 2.70 bits per heavy atom. The summed E-state index contributed by atoms with van der Waals surface area (Å²) in [7, 11) is 1.34. The van der Waals surface area contributed by atoms with Crippen LogP contribution in [-0.4, -0.2) is 17.5 Å². The molecule has 0 atom stereocenters. The van der Waals surface area contributed by atoms with Crippen molar-refractivity contribution >= 4 is 32.9 Å². The van der Waals surface area contributed by atoms with Crippen LogP contribution in [0.3, 0.4) is 0 Å². The van der Waals surface area contributed by atoms with Gasteiger partial charge in [0, 0.05) is 11.6 Å². The summed E-state index contributed by atoms with van der Waals surface area (Å²) in [5, 5.41) is 2.38. The molecule has 0 N–H and O–H groups in total. The van der Waals surface area contributed by atoms with Gasteiger partial charge in [0.2, 0.25) is 0 Å². The number of pyridine rings is 1. The van der Waals surface area contributed by atoms with Crippen LogP contribution in [0.25, 0.3) is 26.0 Å². The number of hydrogen-bond acceptors (Lipinski definition) is 5. The first-order valence-corrected chi connectivity index (χ1v) is 11.8. The number of rotatable bonds is 5. The van der Waals surface area contributed by atoms with Crippen LogP contribution < -0.4 is 5.56 Å². The monoisotopic (exact) mass is 455 g/mol. The standard InChI is InChI=1S/C27H21NO4S/c1-31-27(30)24-25(19-11-12-32-15-19)33-26-23(17-9-10-17)20(14-22(29)28(24)26)13-18-7-4-6-16-5-2-3-8-21(16)18/h2-8,11-12,14-15,17H,9-10,13H2,1H3. The third-order valence-corrected chi connectivity index (χ3v) is 7.57. The van der Waals surface area contributed by atoms with E-state index in [1.54, 1.807) is 29.1 Å². The third kappa shape index (κ3) is 3.29. The number of carbonyl (C=O) groups excluding carboxylic acids is 1. The maximum absolute atomic E-state index is 13.4. The first-order chi connectivity index (χ1) is 16.2. The summed E-state index contributed by atoms with van der Waals surface area (Å²) in [5.41, 5.74) is 4.22. The van der Waals surface area contributed by atoms with Crippen LogP contribution in [0, 0.1) is 0 Å². The molecule has 33 heavy (non-hydrogen) atoms. The van der Waals surface area contributed by atoms with Gasteiger partial charge in [-0.3, -0.25) is 9.20 Å². The molecule has 5 nitrogen and oxygen atoms in total. The van der Waals surface area contributed by atoms with Gasteiger partial charge >= 0.3 is 5.97 Å². The Balaban J connectivity index is 1.61. The Kier molecular flexibility index (Phi) is 4.69. The van der Waals surface area contributed by atoms with E-state index in [4.69, 9.17) is 9.15 Å². The number of furan rings is 1. The highest BCUT2D eigenvalue weighted by atomic mass is 32.1. The van der Waals surface area contributed by atoms with Gasteiger partial charge in [-0.05, 0) is 58.7 Å². The number of carbonyl (C=O) groups is 1. The fraction of sp³-hybridized carbons (Fsp3) is 0.185. The third-order valence-electron chi connectivity index (χ3n) is 6.34. The molecule has 0 unspecified atom stereocenters. The number of thiazole rings is 1. The lowest BCUT2D eigenvalue weighted by Crippen LogP contribution is -2.20. The zero-order valence-corrected chi connectivity index (χ0v) is 18.9. The van der Waals surface area contributed by atoms with Crippen LogP contribution >= 0.6 is 11.3 Å². The number of ether oxygens (including phenoxy) is 1. The highest BCUT2D eigenvalue weighted by Gasteiger charge is 2.33. The Bertz CT molecular complexity index is 1570. The second-order valence-corrected chi connectivity index (χ2v) is 9.43. The predicted molar refractivity (Wildman–Crippen MR) is 129 cm³/mol. The number of benzene rings is 2. The Morgan fingerprint density at radius 2 is 1.94 bits per heavy atom. The summed E-state index contributed by atoms with van der Waals surface area (Å²) in [6.45, 7) is 0. The van der Waals surface area contributed by atoms with Crippen molar-refractivity contribution in [3.8, 4) is 10.4 Å². The van der Waals surface area contributed by atoms with Crippen LogP contribution in [0.2, 0.25) is 0 Å². The summed E-state index contributed by atoms with van der Waals surface area (Å²) >= 11 is 1.46. The average molecular weight is 456 g/mol. The molecule has 0 saturated heterocycles. The van der Waals surface area contributed by atoms with E-state index in [0.29, 0.717) is 17.2 Å². The molecular weight excluding hydrogens is 434 g/mol. The molecule has 1 fully saturated rings. The highest BCUT2D eigenvalue weighted by molar-refractivity contribution is 7.21. The summed E-state index contributed by atoms with van der Waals surface area (Å²) in [4.78, 5) is 27.7. The van der Waals surface area contributed by atoms with E-state index < -0.39 is 5.97 Å². The minimum atomic E-state index is -0.525. The van der Waals surface area contributed by atoms with Gasteiger partial charge in [0.25, 0.3) is 5.56 Å². The molecule has 1 saturated carbocycles. The zero-order chi connectivity index (χ0) is 22.5. The fourth-order valence-corrected chi connectivity index (χ4v) is 6.06. The highest BCUT2D eigenvalue weighted by Crippen LogP contribution is 2.47. The molecule has 5 aromatic rings. The van der Waals surface area contributed by atoms with E-state index in [0.717, 1.165) is 28.8 Å². The van der Waals surface area contributed by atoms with E-state index in [1.165, 1.54) is 40.3 Å². The Hall–Kier alpha value is -3.64. The minimum absolute atomic E-state index is 0.212. The topological polar surface area (TPSA) is 60.9 Å². The largest absolute Gasteiger partial charge is 0.472 e. The quantitative estimate of drug-likeness (QED) is 0.304. The van der Waals surface area contributed by atoms with Gasteiger partial charge in [0.15, 0.2) is 5.69 Å². The van der Waals surface area contributed by atoms with Crippen molar-refractivity contribution < 1.29 is 13.9 Å². The van der Waals surface area contributed by atoms with Crippen molar-refractivity contribution in [3.63, 3.8) is 0 Å². The van der Waals surface area contributed by atoms with Crippen molar-refractivity contribution in [1.82, 2.24) is 4.40 Å². The molecule has 6 heteroatoms. The number of hydrogen-bond donors (Lipinski definition) is 0. The first kappa shape index (κ1) is 20.0. The van der Waals surface area contributed by atoms with Crippen LogP contribution in [0.1, 0.15) is 45.9 Å². The van der Waals surface area contributed by atoms with Crippen molar-refractivity contribution in [2.45, 2.75) is 25.2 Å². The summed E-state index contributed by atoms with van der Waals surface area (Å²) in [6.07, 6.45) is 6.00. The van der Waals surface area contributed by atoms with Crippen LogP contribution in [-0.2, 0) is 11.2 Å². The maximum Gasteiger partial charge on any atom is 0.356 e. The number of nitrogens with zero attached hydrogens (tertiary/aromatic N) is 1. The van der Waals surface area contributed by atoms with Gasteiger partial charge in [-0.1, -0.05) is 42.5 Å². The van der Waals surface area contributed by atoms with Gasteiger partial charge in [0.1, 0.15) is 4.83 Å². The second-order valence-electron chi connectivity index (χ2n) is 8.43. The van der Waals surface area contributed by atoms with Crippen LogP contribution in [0.4, 0.5) is 0 Å². The molecule has 3 heterocycles. The normalized spacial score (nSPS) is 13.6. The lowest BCUT2D eigenvalue weighted by molar-refractivity contribution is 0.0593. The fourth-order valence-electron chi connectivity index (χ4n) is 4.69. The summed E-state index contributed by atoms with van der Waals surface area (Å²) in [5.74, 6) is -0.130. The predicted octanol–water partition coefficient (Wildman–Crippen LogP) is 6.03. The van der Waals surface area contributed by atoms with Crippen LogP contribution in [0.15, 0.2) is 76.3 Å². The molecule has 0 aliphatic heterocycles. The first-order valence-electron chi connectivity index (χ1n) is 10.9. The molecule has 164 valence electrons. The van der Waals surface area contributed by atoms with Gasteiger partial charge < -0.3 is 9.15 Å². The van der Waals surface area contributed by atoms with E-state index in [1.807, 2.05) is 12.1 Å². The maximum atomic E-state index is 13.4. The van der Waals surface area contributed by atoms with Gasteiger partial charge in [-0.15, -0.1) is 11.3 Å². The molecule has 3 aromatic heterocycles. The lowest BCUT2D eigenvalue weighted by atomic mass is 9.95. The number of esters is 1. The zero-order valence-electron chi connectivity index (χ0n) is 18.0. The number of methoxy groups -OCH3 is 1. The van der Waals surface area contributed by atoms with E-state index >= 15 is 0 Å². The van der Waals surface area contributed by atoms with Crippen molar-refractivity contribution in [1.29, 1.82) is 0 Å². The second kappa shape index (κ2) is 7.74. The smallest absolute Gasteiger partial charge is 0.356 e. The van der Waals surface area contributed by atoms with Crippen molar-refractivity contribution in [2.24, 2.45) is 0 Å². The minimum Gasteiger partial charge on any atom is -0.472 e. The molecule has 1 aliphatic rings. The van der Waals surface area contributed by atoms with E-state index in [9.17, 15) is 9.59 Å². The lowest BCUT2D eigenvalue weighted by Gasteiger charge is -2.13. The summed E-state index contributed by atoms with van der Waals surface area (Å²) < 4.78 is 11.9. The molecular formula is C27H21NO4S. The van der Waals surface area contributed by atoms with Gasteiger partial charge in [-0.2, -0.15) is 0 Å². The molecule has 6 rings (SSSR count). The molecule has 0 spiro atoms. The van der Waals surface area contributed by atoms with Gasteiger partial charge in [-0.25, -0.2) is 4.79 Å². The van der Waals surface area contributed by atoms with E-state index in [2.05, 4.69) is 30.3 Å². The molecule has 0 radical (unpaired) electrons. The summed E-state index contributed by atoms with van der Waals surface area (Å²) in [6, 6.07) is 18.1. The van der Waals surface area contributed by atoms with Crippen molar-refractivity contribution in [2.75, 3.05) is 7.11 Å². The molecule has 0 bridgehead atoms. The van der Waals surface area contributed by atoms with Gasteiger partial charge in [0.05, 0.1) is 24.5 Å². The molecule has 0 amide bonds. The SMILES string of the molecule is COC(=O)c1c(-c2ccoc2)sc2c(C3CC3)c(Cc3cccc4ccccc34)cc(=O)n12.